The van der Waals surface area contributed by atoms with Gasteiger partial charge in [-0.05, 0) is 43.5 Å². The molecule has 1 N–H and O–H groups in total. The molecule has 28 heavy (non-hydrogen) atoms. The molecular weight excluding hydrogens is 382 g/mol. The Bertz CT molecular complexity index is 1020. The van der Waals surface area contributed by atoms with Crippen LogP contribution in [-0.2, 0) is 23.6 Å². The molecule has 4 rings (SSSR count). The van der Waals surface area contributed by atoms with Crippen LogP contribution in [0.15, 0.2) is 29.2 Å². The first kappa shape index (κ1) is 18.8. The summed E-state index contributed by atoms with van der Waals surface area (Å²) in [6.45, 7) is 3.42. The van der Waals surface area contributed by atoms with Crippen molar-refractivity contribution in [3.63, 3.8) is 0 Å². The molecule has 0 atom stereocenters. The Balaban J connectivity index is 1.54. The van der Waals surface area contributed by atoms with E-state index in [-0.39, 0.29) is 24.1 Å². The van der Waals surface area contributed by atoms with Crippen molar-refractivity contribution in [2.75, 3.05) is 19.9 Å². The lowest BCUT2D eigenvalue weighted by atomic mass is 10.2. The van der Waals surface area contributed by atoms with E-state index in [1.165, 1.54) is 6.07 Å². The van der Waals surface area contributed by atoms with Crippen molar-refractivity contribution >= 4 is 15.9 Å². The summed E-state index contributed by atoms with van der Waals surface area (Å²) in [5.41, 5.74) is 1.68. The van der Waals surface area contributed by atoms with Gasteiger partial charge in [-0.15, -0.1) is 0 Å². The maximum Gasteiger partial charge on any atom is 0.270 e. The van der Waals surface area contributed by atoms with Gasteiger partial charge in [0.05, 0.1) is 0 Å². The minimum Gasteiger partial charge on any atom is -0.454 e. The van der Waals surface area contributed by atoms with E-state index in [0.29, 0.717) is 36.0 Å². The van der Waals surface area contributed by atoms with E-state index in [9.17, 15) is 13.2 Å². The average molecular weight is 405 g/mol. The molecule has 0 radical (unpaired) electrons. The molecule has 2 aliphatic rings. The molecule has 1 aromatic heterocycles. The monoisotopic (exact) mass is 405 g/mol. The second-order valence-electron chi connectivity index (χ2n) is 7.05. The molecule has 150 valence electrons. The number of hydrogen-bond acceptors (Lipinski definition) is 5. The van der Waals surface area contributed by atoms with E-state index >= 15 is 0 Å². The molecule has 9 heteroatoms. The smallest absolute Gasteiger partial charge is 0.270 e. The highest BCUT2D eigenvalue weighted by atomic mass is 32.2. The Morgan fingerprint density at radius 3 is 2.61 bits per heavy atom. The van der Waals surface area contributed by atoms with Crippen LogP contribution in [0.4, 0.5) is 0 Å². The van der Waals surface area contributed by atoms with Gasteiger partial charge in [-0.25, -0.2) is 13.1 Å². The highest BCUT2D eigenvalue weighted by Crippen LogP contribution is 2.32. The summed E-state index contributed by atoms with van der Waals surface area (Å²) in [5.74, 6) is 1.13. The van der Waals surface area contributed by atoms with E-state index in [2.05, 4.69) is 4.72 Å². The van der Waals surface area contributed by atoms with Gasteiger partial charge in [-0.3, -0.25) is 4.79 Å². The number of carbonyl (C=O) groups is 1. The topological polar surface area (TPSA) is 89.9 Å². The van der Waals surface area contributed by atoms with Gasteiger partial charge >= 0.3 is 0 Å². The number of amides is 1. The maximum absolute atomic E-state index is 12.9. The summed E-state index contributed by atoms with van der Waals surface area (Å²) >= 11 is 0. The molecule has 1 fully saturated rings. The summed E-state index contributed by atoms with van der Waals surface area (Å²) in [6, 6.07) is 6.77. The van der Waals surface area contributed by atoms with Crippen molar-refractivity contribution in [2.45, 2.75) is 31.2 Å². The lowest BCUT2D eigenvalue weighted by molar-refractivity contribution is 0.0783. The zero-order chi connectivity index (χ0) is 19.9. The van der Waals surface area contributed by atoms with Gasteiger partial charge in [0.1, 0.15) is 10.6 Å². The molecular formula is C19H23N3O5S. The fourth-order valence-corrected chi connectivity index (χ4v) is 4.84. The molecule has 0 bridgehead atoms. The molecule has 1 amide bonds. The standard InChI is InChI=1S/C19H23N3O5S/c1-13-18(10-15(21(13)2)19(23)22-7-3-4-8-22)28(24,25)20-11-14-5-6-16-17(9-14)27-12-26-16/h5-6,9-10,20H,3-4,7-8,11-12H2,1-2H3. The second-order valence-corrected chi connectivity index (χ2v) is 8.79. The van der Waals surface area contributed by atoms with Crippen molar-refractivity contribution in [1.29, 1.82) is 0 Å². The molecule has 1 aromatic carbocycles. The summed E-state index contributed by atoms with van der Waals surface area (Å²) in [5, 5.41) is 0. The Morgan fingerprint density at radius 2 is 1.86 bits per heavy atom. The third kappa shape index (κ3) is 3.35. The van der Waals surface area contributed by atoms with Crippen LogP contribution in [0.5, 0.6) is 11.5 Å². The van der Waals surface area contributed by atoms with Gasteiger partial charge in [0.15, 0.2) is 11.5 Å². The lowest BCUT2D eigenvalue weighted by Crippen LogP contribution is -2.29. The van der Waals surface area contributed by atoms with Crippen molar-refractivity contribution in [3.8, 4) is 11.5 Å². The third-order valence-corrected chi connectivity index (χ3v) is 6.81. The van der Waals surface area contributed by atoms with Gasteiger partial charge in [0, 0.05) is 32.4 Å². The lowest BCUT2D eigenvalue weighted by Gasteiger charge is -2.15. The van der Waals surface area contributed by atoms with Crippen LogP contribution in [0.1, 0.15) is 34.6 Å². The number of sulfonamides is 1. The van der Waals surface area contributed by atoms with Crippen LogP contribution >= 0.6 is 0 Å². The highest BCUT2D eigenvalue weighted by Gasteiger charge is 2.28. The largest absolute Gasteiger partial charge is 0.454 e. The number of ether oxygens (including phenoxy) is 2. The van der Waals surface area contributed by atoms with Crippen LogP contribution in [0, 0.1) is 6.92 Å². The number of likely N-dealkylation sites (tertiary alicyclic amines) is 1. The summed E-state index contributed by atoms with van der Waals surface area (Å²) < 4.78 is 40.6. The zero-order valence-corrected chi connectivity index (χ0v) is 16.7. The number of rotatable bonds is 5. The third-order valence-electron chi connectivity index (χ3n) is 5.29. The predicted molar refractivity (Wildman–Crippen MR) is 102 cm³/mol. The van der Waals surface area contributed by atoms with Gasteiger partial charge in [-0.1, -0.05) is 6.07 Å². The van der Waals surface area contributed by atoms with Crippen molar-refractivity contribution in [1.82, 2.24) is 14.2 Å². The SMILES string of the molecule is Cc1c(S(=O)(=O)NCc2ccc3c(c2)OCO3)cc(C(=O)N2CCCC2)n1C. The summed E-state index contributed by atoms with van der Waals surface area (Å²) in [7, 11) is -2.06. The average Bonchev–Trinajstić information content (AvgIpc) is 3.41. The van der Waals surface area contributed by atoms with Gasteiger partial charge in [0.2, 0.25) is 16.8 Å². The quantitative estimate of drug-likeness (QED) is 0.819. The number of benzene rings is 1. The first-order chi connectivity index (χ1) is 13.4. The minimum absolute atomic E-state index is 0.114. The zero-order valence-electron chi connectivity index (χ0n) is 15.9. The Hall–Kier alpha value is -2.52. The first-order valence-corrected chi connectivity index (χ1v) is 10.7. The molecule has 0 aliphatic carbocycles. The predicted octanol–water partition coefficient (Wildman–Crippen LogP) is 1.78. The summed E-state index contributed by atoms with van der Waals surface area (Å²) in [4.78, 5) is 14.6. The van der Waals surface area contributed by atoms with Crippen molar-refractivity contribution in [2.24, 2.45) is 7.05 Å². The number of hydrogen-bond donors (Lipinski definition) is 1. The molecule has 2 aromatic rings. The molecule has 0 spiro atoms. The van der Waals surface area contributed by atoms with Crippen LogP contribution in [0.25, 0.3) is 0 Å². The Labute approximate surface area is 164 Å². The van der Waals surface area contributed by atoms with Gasteiger partial charge in [-0.2, -0.15) is 0 Å². The molecule has 1 saturated heterocycles. The van der Waals surface area contributed by atoms with Crippen LogP contribution in [0.2, 0.25) is 0 Å². The summed E-state index contributed by atoms with van der Waals surface area (Å²) in [6.07, 6.45) is 1.97. The molecule has 3 heterocycles. The number of nitrogens with zero attached hydrogens (tertiary/aromatic N) is 2. The molecule has 0 saturated carbocycles. The van der Waals surface area contributed by atoms with E-state index in [4.69, 9.17) is 9.47 Å². The van der Waals surface area contributed by atoms with E-state index < -0.39 is 10.0 Å². The van der Waals surface area contributed by atoms with Crippen molar-refractivity contribution < 1.29 is 22.7 Å². The van der Waals surface area contributed by atoms with Crippen molar-refractivity contribution in [3.05, 3.63) is 41.2 Å². The second kappa shape index (κ2) is 7.14. The molecule has 0 unspecified atom stereocenters. The van der Waals surface area contributed by atoms with Crippen LogP contribution in [0.3, 0.4) is 0 Å². The van der Waals surface area contributed by atoms with Crippen LogP contribution in [-0.4, -0.2) is 43.7 Å². The number of fused-ring (bicyclic) bond motifs is 1. The number of nitrogens with one attached hydrogen (secondary N) is 1. The Morgan fingerprint density at radius 1 is 1.14 bits per heavy atom. The maximum atomic E-state index is 12.9. The fraction of sp³-hybridized carbons (Fsp3) is 0.421. The Kier molecular flexibility index (Phi) is 4.80. The fourth-order valence-electron chi connectivity index (χ4n) is 3.54. The van der Waals surface area contributed by atoms with E-state index in [1.54, 1.807) is 41.6 Å². The van der Waals surface area contributed by atoms with Crippen LogP contribution < -0.4 is 14.2 Å². The normalized spacial score (nSPS) is 16.0. The highest BCUT2D eigenvalue weighted by molar-refractivity contribution is 7.89. The number of aromatic nitrogens is 1. The minimum atomic E-state index is -3.78. The number of carbonyl (C=O) groups excluding carboxylic acids is 1. The van der Waals surface area contributed by atoms with E-state index in [0.717, 1.165) is 18.4 Å². The van der Waals surface area contributed by atoms with Gasteiger partial charge < -0.3 is 18.9 Å². The first-order valence-electron chi connectivity index (χ1n) is 9.20. The molecule has 2 aliphatic heterocycles. The van der Waals surface area contributed by atoms with E-state index in [1.807, 2.05) is 0 Å². The molecule has 8 nitrogen and oxygen atoms in total. The van der Waals surface area contributed by atoms with Gasteiger partial charge in [0.25, 0.3) is 5.91 Å².